The first-order valence-corrected chi connectivity index (χ1v) is 6.85. The van der Waals surface area contributed by atoms with Gasteiger partial charge in [0.1, 0.15) is 17.6 Å². The zero-order valence-corrected chi connectivity index (χ0v) is 12.5. The highest BCUT2D eigenvalue weighted by Gasteiger charge is 2.19. The third-order valence-electron chi connectivity index (χ3n) is 3.12. The monoisotopic (exact) mass is 285 g/mol. The zero-order chi connectivity index (χ0) is 15.5. The van der Waals surface area contributed by atoms with Gasteiger partial charge in [0.2, 0.25) is 5.91 Å². The molecule has 0 aliphatic rings. The molecule has 0 radical (unpaired) electrons. The van der Waals surface area contributed by atoms with Gasteiger partial charge in [-0.3, -0.25) is 4.79 Å². The molecule has 0 atom stereocenters. The molecule has 0 fully saturated rings. The van der Waals surface area contributed by atoms with Gasteiger partial charge in [0, 0.05) is 24.6 Å². The second-order valence-electron chi connectivity index (χ2n) is 5.89. The highest BCUT2D eigenvalue weighted by Crippen LogP contribution is 2.24. The topological polar surface area (TPSA) is 71.0 Å². The Morgan fingerprint density at radius 1 is 1.48 bits per heavy atom. The van der Waals surface area contributed by atoms with Crippen molar-refractivity contribution in [2.24, 2.45) is 0 Å². The summed E-state index contributed by atoms with van der Waals surface area (Å²) in [6, 6.07) is 7.44. The molecule has 110 valence electrons. The number of aromatic nitrogens is 1. The van der Waals surface area contributed by atoms with Gasteiger partial charge in [0.05, 0.1) is 11.8 Å². The van der Waals surface area contributed by atoms with E-state index in [1.807, 2.05) is 31.4 Å². The van der Waals surface area contributed by atoms with Gasteiger partial charge >= 0.3 is 0 Å². The molecule has 2 rings (SSSR count). The smallest absolute Gasteiger partial charge is 0.225 e. The van der Waals surface area contributed by atoms with Gasteiger partial charge in [-0.25, -0.2) is 0 Å². The van der Waals surface area contributed by atoms with Crippen molar-refractivity contribution in [3.8, 4) is 6.07 Å². The molecule has 1 N–H and O–H groups in total. The first kappa shape index (κ1) is 14.9. The van der Waals surface area contributed by atoms with Crippen LogP contribution >= 0.6 is 0 Å². The van der Waals surface area contributed by atoms with Crippen molar-refractivity contribution in [1.29, 1.82) is 5.26 Å². The molecule has 0 aliphatic carbocycles. The van der Waals surface area contributed by atoms with Crippen LogP contribution in [0, 0.1) is 11.3 Å². The van der Waals surface area contributed by atoms with Crippen LogP contribution in [0.5, 0.6) is 0 Å². The minimum absolute atomic E-state index is 0.0977. The first-order chi connectivity index (χ1) is 9.90. The lowest BCUT2D eigenvalue weighted by atomic mass is 10.1. The molecular weight excluding hydrogens is 266 g/mol. The molecule has 2 aromatic rings. The zero-order valence-electron chi connectivity index (χ0n) is 12.5. The number of furan rings is 1. The highest BCUT2D eigenvalue weighted by atomic mass is 16.3. The predicted octanol–water partition coefficient (Wildman–Crippen LogP) is 3.28. The Hall–Kier alpha value is -2.48. The average molecular weight is 285 g/mol. The van der Waals surface area contributed by atoms with Crippen LogP contribution in [0.1, 0.15) is 38.5 Å². The van der Waals surface area contributed by atoms with Crippen molar-refractivity contribution in [1.82, 2.24) is 4.57 Å². The van der Waals surface area contributed by atoms with Gasteiger partial charge < -0.3 is 14.3 Å². The van der Waals surface area contributed by atoms with Crippen LogP contribution in [0.3, 0.4) is 0 Å². The Morgan fingerprint density at radius 3 is 2.81 bits per heavy atom. The van der Waals surface area contributed by atoms with Crippen molar-refractivity contribution in [2.75, 3.05) is 5.32 Å². The summed E-state index contributed by atoms with van der Waals surface area (Å²) in [5.41, 5.74) is 0.324. The Labute approximate surface area is 124 Å². The van der Waals surface area contributed by atoms with E-state index in [4.69, 9.17) is 9.68 Å². The normalized spacial score (nSPS) is 11.1. The van der Waals surface area contributed by atoms with Gasteiger partial charge in [-0.1, -0.05) is 0 Å². The van der Waals surface area contributed by atoms with Crippen LogP contribution in [0.2, 0.25) is 0 Å². The Morgan fingerprint density at radius 2 is 2.24 bits per heavy atom. The summed E-state index contributed by atoms with van der Waals surface area (Å²) in [5.74, 6) is 1.33. The van der Waals surface area contributed by atoms with Crippen molar-refractivity contribution >= 4 is 11.7 Å². The average Bonchev–Trinajstić information content (AvgIpc) is 3.04. The van der Waals surface area contributed by atoms with E-state index in [1.54, 1.807) is 24.6 Å². The summed E-state index contributed by atoms with van der Waals surface area (Å²) in [5, 5.41) is 11.9. The Bertz CT molecular complexity index is 655. The van der Waals surface area contributed by atoms with E-state index in [0.29, 0.717) is 24.2 Å². The molecule has 2 heterocycles. The number of nitrogens with one attached hydrogen (secondary N) is 1. The van der Waals surface area contributed by atoms with Crippen LogP contribution in [-0.2, 0) is 16.8 Å². The fraction of sp³-hybridized carbons (Fsp3) is 0.375. The van der Waals surface area contributed by atoms with E-state index < -0.39 is 0 Å². The van der Waals surface area contributed by atoms with E-state index in [1.165, 1.54) is 0 Å². The lowest BCUT2D eigenvalue weighted by molar-refractivity contribution is -0.116. The SMILES string of the molecule is CC(C)(C)n1cc(C#N)cc1NC(=O)CCc1ccco1. The number of rotatable bonds is 4. The molecule has 5 nitrogen and oxygen atoms in total. The van der Waals surface area contributed by atoms with Gasteiger partial charge in [0.15, 0.2) is 0 Å². The number of nitrogens with zero attached hydrogens (tertiary/aromatic N) is 2. The highest BCUT2D eigenvalue weighted by molar-refractivity contribution is 5.90. The predicted molar refractivity (Wildman–Crippen MR) is 79.8 cm³/mol. The maximum atomic E-state index is 12.0. The third-order valence-corrected chi connectivity index (χ3v) is 3.12. The second-order valence-corrected chi connectivity index (χ2v) is 5.89. The number of aryl methyl sites for hydroxylation is 1. The number of hydrogen-bond donors (Lipinski definition) is 1. The molecule has 0 unspecified atom stereocenters. The van der Waals surface area contributed by atoms with E-state index in [-0.39, 0.29) is 11.4 Å². The van der Waals surface area contributed by atoms with Crippen molar-refractivity contribution in [3.05, 3.63) is 42.0 Å². The van der Waals surface area contributed by atoms with E-state index >= 15 is 0 Å². The molecule has 0 saturated carbocycles. The molecular formula is C16H19N3O2. The van der Waals surface area contributed by atoms with E-state index in [0.717, 1.165) is 5.76 Å². The van der Waals surface area contributed by atoms with Crippen LogP contribution in [0.4, 0.5) is 5.82 Å². The molecule has 0 saturated heterocycles. The van der Waals surface area contributed by atoms with E-state index in [9.17, 15) is 4.79 Å². The summed E-state index contributed by atoms with van der Waals surface area (Å²) < 4.78 is 7.10. The number of hydrogen-bond acceptors (Lipinski definition) is 3. The molecule has 2 aromatic heterocycles. The third kappa shape index (κ3) is 3.76. The number of carbonyl (C=O) groups excluding carboxylic acids is 1. The second kappa shape index (κ2) is 5.88. The number of amides is 1. The van der Waals surface area contributed by atoms with Gasteiger partial charge in [-0.05, 0) is 39.0 Å². The molecule has 0 bridgehead atoms. The molecule has 1 amide bonds. The van der Waals surface area contributed by atoms with Crippen LogP contribution in [0.15, 0.2) is 35.1 Å². The molecule has 0 aromatic carbocycles. The van der Waals surface area contributed by atoms with Crippen molar-refractivity contribution in [3.63, 3.8) is 0 Å². The van der Waals surface area contributed by atoms with E-state index in [2.05, 4.69) is 11.4 Å². The van der Waals surface area contributed by atoms with Crippen molar-refractivity contribution < 1.29 is 9.21 Å². The maximum Gasteiger partial charge on any atom is 0.225 e. The van der Waals surface area contributed by atoms with Crippen LogP contribution in [0.25, 0.3) is 0 Å². The fourth-order valence-corrected chi connectivity index (χ4v) is 2.07. The summed E-state index contributed by atoms with van der Waals surface area (Å²) in [7, 11) is 0. The summed E-state index contributed by atoms with van der Waals surface area (Å²) in [6.07, 6.45) is 4.24. The Kier molecular flexibility index (Phi) is 4.18. The first-order valence-electron chi connectivity index (χ1n) is 6.85. The molecule has 5 heteroatoms. The summed E-state index contributed by atoms with van der Waals surface area (Å²) in [4.78, 5) is 12.0. The number of carbonyl (C=O) groups is 1. The standard InChI is InChI=1S/C16H19N3O2/c1-16(2,3)19-11-12(10-17)9-14(19)18-15(20)7-6-13-5-4-8-21-13/h4-5,8-9,11H,6-7H2,1-3H3,(H,18,20). The maximum absolute atomic E-state index is 12.0. The minimum Gasteiger partial charge on any atom is -0.469 e. The fourth-order valence-electron chi connectivity index (χ4n) is 2.07. The molecule has 0 aliphatic heterocycles. The van der Waals surface area contributed by atoms with Crippen molar-refractivity contribution in [2.45, 2.75) is 39.2 Å². The quantitative estimate of drug-likeness (QED) is 0.937. The lowest BCUT2D eigenvalue weighted by Crippen LogP contribution is -2.24. The molecule has 0 spiro atoms. The van der Waals surface area contributed by atoms with Gasteiger partial charge in [-0.15, -0.1) is 0 Å². The number of anilines is 1. The van der Waals surface area contributed by atoms with Gasteiger partial charge in [0.25, 0.3) is 0 Å². The lowest BCUT2D eigenvalue weighted by Gasteiger charge is -2.24. The number of nitriles is 1. The summed E-state index contributed by atoms with van der Waals surface area (Å²) in [6.45, 7) is 6.06. The van der Waals surface area contributed by atoms with Gasteiger partial charge in [-0.2, -0.15) is 5.26 Å². The largest absolute Gasteiger partial charge is 0.469 e. The van der Waals surface area contributed by atoms with Crippen LogP contribution < -0.4 is 5.32 Å². The minimum atomic E-state index is -0.210. The molecule has 21 heavy (non-hydrogen) atoms. The summed E-state index contributed by atoms with van der Waals surface area (Å²) >= 11 is 0. The Balaban J connectivity index is 2.06. The van der Waals surface area contributed by atoms with Crippen LogP contribution in [-0.4, -0.2) is 10.5 Å².